The van der Waals surface area contributed by atoms with Crippen LogP contribution in [0.3, 0.4) is 0 Å². The molecule has 23 heavy (non-hydrogen) atoms. The summed E-state index contributed by atoms with van der Waals surface area (Å²) in [6.07, 6.45) is -4.52. The normalized spacial score (nSPS) is 11.0. The van der Waals surface area contributed by atoms with Crippen molar-refractivity contribution in [1.29, 1.82) is 0 Å². The van der Waals surface area contributed by atoms with Gasteiger partial charge in [0.2, 0.25) is 5.91 Å². The molecule has 0 atom stereocenters. The molecule has 0 fully saturated rings. The SMILES string of the molecule is O=C(CNc1cc([N+](=O)[O-])ccc1NCCO)NCC(F)(F)F. The van der Waals surface area contributed by atoms with Gasteiger partial charge in [0.25, 0.3) is 5.69 Å². The zero-order chi connectivity index (χ0) is 17.5. The van der Waals surface area contributed by atoms with E-state index in [1.54, 1.807) is 5.32 Å². The largest absolute Gasteiger partial charge is 0.405 e. The lowest BCUT2D eigenvalue weighted by Gasteiger charge is -2.14. The number of aliphatic hydroxyl groups excluding tert-OH is 1. The van der Waals surface area contributed by atoms with Crippen LogP contribution in [0, 0.1) is 10.1 Å². The summed E-state index contributed by atoms with van der Waals surface area (Å²) in [4.78, 5) is 21.4. The van der Waals surface area contributed by atoms with E-state index in [0.717, 1.165) is 6.07 Å². The lowest BCUT2D eigenvalue weighted by Crippen LogP contribution is -2.37. The maximum absolute atomic E-state index is 12.0. The average molecular weight is 336 g/mol. The molecule has 0 saturated heterocycles. The van der Waals surface area contributed by atoms with Gasteiger partial charge in [0.05, 0.1) is 29.4 Å². The number of benzene rings is 1. The number of aliphatic hydroxyl groups is 1. The number of carbonyl (C=O) groups excluding carboxylic acids is 1. The molecule has 0 aliphatic rings. The van der Waals surface area contributed by atoms with Crippen molar-refractivity contribution in [2.45, 2.75) is 6.18 Å². The third-order valence-electron chi connectivity index (χ3n) is 2.57. The van der Waals surface area contributed by atoms with Crippen LogP contribution in [0.25, 0.3) is 0 Å². The number of amides is 1. The molecule has 8 nitrogen and oxygen atoms in total. The van der Waals surface area contributed by atoms with Gasteiger partial charge in [-0.2, -0.15) is 13.2 Å². The molecule has 1 rings (SSSR count). The summed E-state index contributed by atoms with van der Waals surface area (Å²) in [5, 5.41) is 26.5. The molecule has 4 N–H and O–H groups in total. The van der Waals surface area contributed by atoms with Crippen molar-refractivity contribution in [1.82, 2.24) is 5.32 Å². The fraction of sp³-hybridized carbons (Fsp3) is 0.417. The van der Waals surface area contributed by atoms with E-state index in [1.165, 1.54) is 12.1 Å². The Labute approximate surface area is 128 Å². The molecule has 11 heteroatoms. The predicted molar refractivity (Wildman–Crippen MR) is 76.2 cm³/mol. The van der Waals surface area contributed by atoms with Crippen molar-refractivity contribution >= 4 is 23.0 Å². The smallest absolute Gasteiger partial charge is 0.395 e. The number of non-ortho nitro benzene ring substituents is 1. The second kappa shape index (κ2) is 8.17. The van der Waals surface area contributed by atoms with Crippen molar-refractivity contribution in [2.24, 2.45) is 0 Å². The van der Waals surface area contributed by atoms with Crippen LogP contribution >= 0.6 is 0 Å². The molecule has 1 aromatic carbocycles. The van der Waals surface area contributed by atoms with Crippen LogP contribution in [-0.2, 0) is 4.79 Å². The van der Waals surface area contributed by atoms with E-state index in [4.69, 9.17) is 5.11 Å². The number of hydrogen-bond donors (Lipinski definition) is 4. The van der Waals surface area contributed by atoms with Crippen LogP contribution in [-0.4, -0.2) is 48.4 Å². The molecule has 0 aliphatic heterocycles. The Bertz CT molecular complexity index is 566. The number of nitro benzene ring substituents is 1. The molecule has 0 bridgehead atoms. The van der Waals surface area contributed by atoms with Crippen LogP contribution in [0.4, 0.5) is 30.2 Å². The van der Waals surface area contributed by atoms with E-state index in [0.29, 0.717) is 5.69 Å². The third kappa shape index (κ3) is 6.82. The molecule has 1 aromatic rings. The number of nitro groups is 1. The molecular weight excluding hydrogens is 321 g/mol. The summed E-state index contributed by atoms with van der Waals surface area (Å²) in [5.74, 6) is -0.915. The highest BCUT2D eigenvalue weighted by molar-refractivity contribution is 5.83. The maximum Gasteiger partial charge on any atom is 0.405 e. The fourth-order valence-electron chi connectivity index (χ4n) is 1.57. The highest BCUT2D eigenvalue weighted by Gasteiger charge is 2.27. The Kier molecular flexibility index (Phi) is 6.57. The Morgan fingerprint density at radius 2 is 1.96 bits per heavy atom. The van der Waals surface area contributed by atoms with Gasteiger partial charge in [0.1, 0.15) is 6.54 Å². The average Bonchev–Trinajstić information content (AvgIpc) is 2.48. The first-order chi connectivity index (χ1) is 10.7. The number of nitrogens with zero attached hydrogens (tertiary/aromatic N) is 1. The standard InChI is InChI=1S/C12H15F3N4O4/c13-12(14,15)7-18-11(21)6-17-10-5-8(19(22)23)1-2-9(10)16-3-4-20/h1-2,5,16-17,20H,3-4,6-7H2,(H,18,21). The van der Waals surface area contributed by atoms with Gasteiger partial charge in [0.15, 0.2) is 0 Å². The second-order valence-corrected chi connectivity index (χ2v) is 4.38. The van der Waals surface area contributed by atoms with Crippen LogP contribution in [0.15, 0.2) is 18.2 Å². The minimum absolute atomic E-state index is 0.159. The lowest BCUT2D eigenvalue weighted by molar-refractivity contribution is -0.384. The zero-order valence-electron chi connectivity index (χ0n) is 11.8. The van der Waals surface area contributed by atoms with E-state index in [1.807, 2.05) is 0 Å². The van der Waals surface area contributed by atoms with Crippen molar-refractivity contribution < 1.29 is 28.0 Å². The second-order valence-electron chi connectivity index (χ2n) is 4.38. The number of anilines is 2. The molecular formula is C12H15F3N4O4. The number of halogens is 3. The molecule has 0 aromatic heterocycles. The van der Waals surface area contributed by atoms with E-state index in [2.05, 4.69) is 10.6 Å². The summed E-state index contributed by atoms with van der Waals surface area (Å²) in [6.45, 7) is -1.99. The highest BCUT2D eigenvalue weighted by Crippen LogP contribution is 2.26. The van der Waals surface area contributed by atoms with Gasteiger partial charge in [-0.25, -0.2) is 0 Å². The third-order valence-corrected chi connectivity index (χ3v) is 2.57. The molecule has 0 spiro atoms. The number of rotatable bonds is 8. The monoisotopic (exact) mass is 336 g/mol. The molecule has 128 valence electrons. The van der Waals surface area contributed by atoms with Gasteiger partial charge >= 0.3 is 6.18 Å². The van der Waals surface area contributed by atoms with Crippen LogP contribution in [0.1, 0.15) is 0 Å². The van der Waals surface area contributed by atoms with Gasteiger partial charge < -0.3 is 21.1 Å². The van der Waals surface area contributed by atoms with E-state index < -0.39 is 30.1 Å². The van der Waals surface area contributed by atoms with Gasteiger partial charge in [-0.05, 0) is 6.07 Å². The molecule has 0 unspecified atom stereocenters. The van der Waals surface area contributed by atoms with Crippen molar-refractivity contribution in [2.75, 3.05) is 36.9 Å². The first-order valence-corrected chi connectivity index (χ1v) is 6.43. The van der Waals surface area contributed by atoms with Gasteiger partial charge in [-0.1, -0.05) is 0 Å². The van der Waals surface area contributed by atoms with Gasteiger partial charge in [0, 0.05) is 18.7 Å². The molecule has 0 saturated carbocycles. The van der Waals surface area contributed by atoms with Crippen LogP contribution < -0.4 is 16.0 Å². The molecule has 0 heterocycles. The Morgan fingerprint density at radius 1 is 1.26 bits per heavy atom. The Hall–Kier alpha value is -2.56. The zero-order valence-corrected chi connectivity index (χ0v) is 11.8. The highest BCUT2D eigenvalue weighted by atomic mass is 19.4. The fourth-order valence-corrected chi connectivity index (χ4v) is 1.57. The summed E-state index contributed by atoms with van der Waals surface area (Å²) < 4.78 is 35.9. The molecule has 0 aliphatic carbocycles. The summed E-state index contributed by atoms with van der Waals surface area (Å²) in [7, 11) is 0. The number of hydrogen-bond acceptors (Lipinski definition) is 6. The summed E-state index contributed by atoms with van der Waals surface area (Å²) >= 11 is 0. The lowest BCUT2D eigenvalue weighted by atomic mass is 10.2. The van der Waals surface area contributed by atoms with Crippen LogP contribution in [0.5, 0.6) is 0 Å². The van der Waals surface area contributed by atoms with Gasteiger partial charge in [-0.15, -0.1) is 0 Å². The minimum Gasteiger partial charge on any atom is -0.395 e. The minimum atomic E-state index is -4.52. The maximum atomic E-state index is 12.0. The van der Waals surface area contributed by atoms with Crippen molar-refractivity contribution in [3.8, 4) is 0 Å². The number of nitrogens with one attached hydrogen (secondary N) is 3. The molecule has 0 radical (unpaired) electrons. The number of alkyl halides is 3. The van der Waals surface area contributed by atoms with Crippen LogP contribution in [0.2, 0.25) is 0 Å². The van der Waals surface area contributed by atoms with E-state index in [-0.39, 0.29) is 24.5 Å². The summed E-state index contributed by atoms with van der Waals surface area (Å²) in [6, 6.07) is 3.72. The van der Waals surface area contributed by atoms with E-state index >= 15 is 0 Å². The quantitative estimate of drug-likeness (QED) is 0.417. The Balaban J connectivity index is 2.73. The van der Waals surface area contributed by atoms with Gasteiger partial charge in [-0.3, -0.25) is 14.9 Å². The molecule has 1 amide bonds. The Morgan fingerprint density at radius 3 is 2.52 bits per heavy atom. The first-order valence-electron chi connectivity index (χ1n) is 6.43. The number of carbonyl (C=O) groups is 1. The first kappa shape index (κ1) is 18.5. The predicted octanol–water partition coefficient (Wildman–Crippen LogP) is 1.09. The van der Waals surface area contributed by atoms with Crippen molar-refractivity contribution in [3.05, 3.63) is 28.3 Å². The van der Waals surface area contributed by atoms with E-state index in [9.17, 15) is 28.1 Å². The van der Waals surface area contributed by atoms with Crippen molar-refractivity contribution in [3.63, 3.8) is 0 Å². The topological polar surface area (TPSA) is 117 Å². The summed E-state index contributed by atoms with van der Waals surface area (Å²) in [5.41, 5.74) is 0.279.